The van der Waals surface area contributed by atoms with Crippen LogP contribution >= 0.6 is 23.2 Å². The minimum Gasteiger partial charge on any atom is -0.353 e. The number of hydrogen-bond acceptors (Lipinski definition) is 3. The molecule has 28 heavy (non-hydrogen) atoms. The highest BCUT2D eigenvalue weighted by Crippen LogP contribution is 2.41. The van der Waals surface area contributed by atoms with Crippen molar-refractivity contribution in [2.75, 3.05) is 29.6 Å². The Morgan fingerprint density at radius 3 is 1.86 bits per heavy atom. The van der Waals surface area contributed by atoms with E-state index in [1.165, 1.54) is 12.1 Å². The molecule has 0 N–H and O–H groups in total. The second-order valence-corrected chi connectivity index (χ2v) is 8.46. The summed E-state index contributed by atoms with van der Waals surface area (Å²) in [5.74, 6) is -0.712. The molecule has 2 aromatic carbocycles. The molecule has 2 aromatic rings. The zero-order valence-electron chi connectivity index (χ0n) is 15.2. The molecule has 0 atom stereocenters. The summed E-state index contributed by atoms with van der Waals surface area (Å²) in [6, 6.07) is 9.17. The number of anilines is 2. The summed E-state index contributed by atoms with van der Waals surface area (Å²) in [5, 5.41) is 0.0898. The van der Waals surface area contributed by atoms with Crippen LogP contribution in [-0.4, -0.2) is 25.5 Å². The first-order valence-electron chi connectivity index (χ1n) is 9.31. The zero-order chi connectivity index (χ0) is 19.9. The molecule has 4 rings (SSSR count). The number of ketones is 1. The second-order valence-electron chi connectivity index (χ2n) is 7.64. The molecule has 0 unspecified atom stereocenters. The van der Waals surface area contributed by atoms with E-state index in [4.69, 9.17) is 23.2 Å². The van der Waals surface area contributed by atoms with Gasteiger partial charge in [0.15, 0.2) is 0 Å². The minimum absolute atomic E-state index is 0.0449. The lowest BCUT2D eigenvalue weighted by Gasteiger charge is -2.50. The first-order valence-corrected chi connectivity index (χ1v) is 10.1. The van der Waals surface area contributed by atoms with Gasteiger partial charge in [-0.3, -0.25) is 4.79 Å². The van der Waals surface area contributed by atoms with Gasteiger partial charge in [0.1, 0.15) is 17.4 Å². The Labute approximate surface area is 172 Å². The van der Waals surface area contributed by atoms with Gasteiger partial charge in [-0.15, -0.1) is 0 Å². The van der Waals surface area contributed by atoms with Crippen LogP contribution in [0, 0.1) is 17.0 Å². The molecule has 0 radical (unpaired) electrons. The van der Waals surface area contributed by atoms with Crippen LogP contribution in [-0.2, 0) is 4.79 Å². The number of benzene rings is 2. The van der Waals surface area contributed by atoms with Gasteiger partial charge in [0.2, 0.25) is 0 Å². The molecular formula is C21H20Cl2F2N2O. The maximum atomic E-state index is 13.6. The van der Waals surface area contributed by atoms with E-state index in [1.54, 1.807) is 24.3 Å². The van der Waals surface area contributed by atoms with Crippen molar-refractivity contribution in [1.29, 1.82) is 0 Å². The van der Waals surface area contributed by atoms with Crippen LogP contribution in [0.15, 0.2) is 36.4 Å². The Balaban J connectivity index is 1.73. The summed E-state index contributed by atoms with van der Waals surface area (Å²) in [7, 11) is 0. The molecule has 1 aliphatic heterocycles. The Morgan fingerprint density at radius 1 is 0.857 bits per heavy atom. The summed E-state index contributed by atoms with van der Waals surface area (Å²) in [6.45, 7) is 1.58. The zero-order valence-corrected chi connectivity index (χ0v) is 16.7. The van der Waals surface area contributed by atoms with Crippen LogP contribution in [0.25, 0.3) is 0 Å². The molecule has 2 fully saturated rings. The van der Waals surface area contributed by atoms with Gasteiger partial charge in [0.05, 0.1) is 22.1 Å². The van der Waals surface area contributed by atoms with Crippen molar-refractivity contribution in [3.8, 4) is 0 Å². The number of hydrogen-bond donors (Lipinski definition) is 0. The van der Waals surface area contributed by atoms with Crippen molar-refractivity contribution in [2.45, 2.75) is 25.7 Å². The highest BCUT2D eigenvalue weighted by Gasteiger charge is 2.45. The Morgan fingerprint density at radius 2 is 1.39 bits per heavy atom. The second kappa shape index (κ2) is 7.53. The smallest absolute Gasteiger partial charge is 0.142 e. The molecule has 0 amide bonds. The molecule has 3 nitrogen and oxygen atoms in total. The van der Waals surface area contributed by atoms with Gasteiger partial charge in [0.25, 0.3) is 0 Å². The fourth-order valence-corrected chi connectivity index (χ4v) is 4.63. The first kappa shape index (κ1) is 19.5. The van der Waals surface area contributed by atoms with E-state index in [9.17, 15) is 13.6 Å². The van der Waals surface area contributed by atoms with Gasteiger partial charge < -0.3 is 9.80 Å². The molecule has 148 valence electrons. The van der Waals surface area contributed by atoms with Crippen molar-refractivity contribution in [1.82, 2.24) is 0 Å². The third-order valence-electron chi connectivity index (χ3n) is 5.77. The van der Waals surface area contributed by atoms with E-state index < -0.39 is 17.0 Å². The van der Waals surface area contributed by atoms with Gasteiger partial charge >= 0.3 is 0 Å². The standard InChI is InChI=1S/C21H20Cl2F2N2O/c22-16-9-14(4-6-18(16)24)26-11-21(8-2-1-3-20(21)28)12-27(13-26)15-5-7-19(25)17(23)10-15/h4-7,9-10H,1-3,8,11-13H2. The fourth-order valence-electron chi connectivity index (χ4n) is 4.28. The fraction of sp³-hybridized carbons (Fsp3) is 0.381. The van der Waals surface area contributed by atoms with Gasteiger partial charge in [-0.1, -0.05) is 29.6 Å². The van der Waals surface area contributed by atoms with Gasteiger partial charge in [-0.05, 0) is 49.2 Å². The molecule has 0 bridgehead atoms. The van der Waals surface area contributed by atoms with E-state index in [0.29, 0.717) is 26.2 Å². The largest absolute Gasteiger partial charge is 0.353 e. The van der Waals surface area contributed by atoms with Crippen molar-refractivity contribution in [3.63, 3.8) is 0 Å². The molecule has 1 aliphatic carbocycles. The number of halogens is 4. The molecule has 1 heterocycles. The normalized spacial score (nSPS) is 19.4. The van der Waals surface area contributed by atoms with Crippen LogP contribution in [0.5, 0.6) is 0 Å². The quantitative estimate of drug-likeness (QED) is 0.618. The van der Waals surface area contributed by atoms with E-state index in [1.807, 2.05) is 9.80 Å². The Kier molecular flexibility index (Phi) is 5.23. The molecule has 1 saturated carbocycles. The third-order valence-corrected chi connectivity index (χ3v) is 6.35. The lowest BCUT2D eigenvalue weighted by molar-refractivity contribution is -0.130. The van der Waals surface area contributed by atoms with Crippen LogP contribution in [0.3, 0.4) is 0 Å². The van der Waals surface area contributed by atoms with Crippen LogP contribution in [0.1, 0.15) is 25.7 Å². The number of carbonyl (C=O) groups excluding carboxylic acids is 1. The Bertz CT molecular complexity index is 862. The molecular weight excluding hydrogens is 405 g/mol. The monoisotopic (exact) mass is 424 g/mol. The maximum Gasteiger partial charge on any atom is 0.142 e. The van der Waals surface area contributed by atoms with E-state index in [-0.39, 0.29) is 15.8 Å². The van der Waals surface area contributed by atoms with E-state index in [0.717, 1.165) is 30.6 Å². The van der Waals surface area contributed by atoms with E-state index in [2.05, 4.69) is 0 Å². The predicted octanol–water partition coefficient (Wildman–Crippen LogP) is 5.69. The van der Waals surface area contributed by atoms with Crippen LogP contribution in [0.4, 0.5) is 20.2 Å². The SMILES string of the molecule is O=C1CCCCC12CN(c1ccc(F)c(Cl)c1)CN(c1ccc(F)c(Cl)c1)C2. The molecule has 2 aliphatic rings. The van der Waals surface area contributed by atoms with Crippen LogP contribution in [0.2, 0.25) is 10.0 Å². The van der Waals surface area contributed by atoms with Crippen molar-refractivity contribution < 1.29 is 13.6 Å². The molecule has 1 spiro atoms. The topological polar surface area (TPSA) is 23.6 Å². The predicted molar refractivity (Wildman–Crippen MR) is 108 cm³/mol. The van der Waals surface area contributed by atoms with Crippen LogP contribution < -0.4 is 9.80 Å². The summed E-state index contributed by atoms with van der Waals surface area (Å²) in [4.78, 5) is 17.0. The third kappa shape index (κ3) is 3.58. The number of Topliss-reactive ketones (excluding diaryl/α,β-unsaturated/α-hetero) is 1. The summed E-state index contributed by atoms with van der Waals surface area (Å²) in [5.41, 5.74) is 0.988. The summed E-state index contributed by atoms with van der Waals surface area (Å²) >= 11 is 12.0. The van der Waals surface area contributed by atoms with Crippen molar-refractivity contribution in [2.24, 2.45) is 5.41 Å². The highest BCUT2D eigenvalue weighted by molar-refractivity contribution is 6.31. The summed E-state index contributed by atoms with van der Waals surface area (Å²) in [6.07, 6.45) is 3.26. The lowest BCUT2D eigenvalue weighted by Crippen LogP contribution is -2.60. The first-order chi connectivity index (χ1) is 13.4. The maximum absolute atomic E-state index is 13.6. The Hall–Kier alpha value is -1.85. The number of rotatable bonds is 2. The van der Waals surface area contributed by atoms with E-state index >= 15 is 0 Å². The minimum atomic E-state index is -0.516. The average molecular weight is 425 g/mol. The number of carbonyl (C=O) groups is 1. The van der Waals surface area contributed by atoms with Crippen molar-refractivity contribution >= 4 is 40.4 Å². The summed E-state index contributed by atoms with van der Waals surface area (Å²) < 4.78 is 27.3. The molecule has 1 saturated heterocycles. The average Bonchev–Trinajstić information content (AvgIpc) is 2.68. The molecule has 7 heteroatoms. The number of nitrogens with zero attached hydrogens (tertiary/aromatic N) is 2. The van der Waals surface area contributed by atoms with Crippen molar-refractivity contribution in [3.05, 3.63) is 58.1 Å². The highest BCUT2D eigenvalue weighted by atomic mass is 35.5. The van der Waals surface area contributed by atoms with Gasteiger partial charge in [0, 0.05) is 30.9 Å². The lowest BCUT2D eigenvalue weighted by atomic mass is 9.71. The molecule has 0 aromatic heterocycles. The van der Waals surface area contributed by atoms with Gasteiger partial charge in [-0.2, -0.15) is 0 Å². The van der Waals surface area contributed by atoms with Gasteiger partial charge in [-0.25, -0.2) is 8.78 Å².